The smallest absolute Gasteiger partial charge is 0.870 e. The summed E-state index contributed by atoms with van der Waals surface area (Å²) in [6, 6.07) is 0. The Labute approximate surface area is 777 Å². The van der Waals surface area contributed by atoms with Crippen molar-refractivity contribution in [3.63, 3.8) is 0 Å². The summed E-state index contributed by atoms with van der Waals surface area (Å²) in [5, 5.41) is 53.3. The van der Waals surface area contributed by atoms with Crippen LogP contribution in [0.5, 0.6) is 0 Å². The number of hydrogen-bond donors (Lipinski definition) is 8. The van der Waals surface area contributed by atoms with E-state index in [2.05, 4.69) is 135 Å². The van der Waals surface area contributed by atoms with Gasteiger partial charge in [-0.15, -0.1) is 0 Å². The van der Waals surface area contributed by atoms with Gasteiger partial charge in [-0.05, 0) is 111 Å². The van der Waals surface area contributed by atoms with Crippen molar-refractivity contribution in [2.75, 3.05) is 42.9 Å². The third-order valence-electron chi connectivity index (χ3n) is 24.7. The van der Waals surface area contributed by atoms with Gasteiger partial charge in [0.1, 0.15) is 24.4 Å². The van der Waals surface area contributed by atoms with E-state index in [1.54, 1.807) is 6.92 Å². The molecule has 29 nitrogen and oxygen atoms in total. The first-order chi connectivity index (χ1) is 59.0. The molecule has 0 radical (unpaired) electrons. The molecule has 3 saturated heterocycles. The number of hydrogen-bond acceptors (Lipinski definition) is 23. The quantitative estimate of drug-likeness (QED) is 0.0148. The molecule has 0 aliphatic carbocycles. The molecule has 0 saturated carbocycles. The number of nitrogens with zero attached hydrogens (tertiary/aromatic N) is 6. The first kappa shape index (κ1) is 119. The zero-order valence-electron chi connectivity index (χ0n) is 81.1. The van der Waals surface area contributed by atoms with E-state index in [0.29, 0.717) is 48.9 Å². The predicted octanol–water partition coefficient (Wildman–Crippen LogP) is 16.4. The maximum atomic E-state index is 14.8. The number of aliphatic hydroxyl groups is 5. The number of anilines is 3. The van der Waals surface area contributed by atoms with Gasteiger partial charge in [0.25, 0.3) is 0 Å². The SMILES string of the molecule is CC(=O)OC1C(C)C(C)OC1n1cc(F)c(NC(=O)OCCC(C)CCCC(C)CCCC(C)CCCC(C)C)nc1=O.CC(C)CCCC(C)CCCC(C)CCCC(C)CCOC(=O)Nc1nc(=O)n(C2OC(C)C(O)C2O)cc1F.CC(C)CCC[C@@H](C)CCC[C@@H](C)CCC[C@@H](C)CCOC(=O)Nc1nc(=O)n([C@@H]2O[C@H](C)[C@H](O)[C@H]2O)cc1F.CO.[Na+].[OH-]. The van der Waals surface area contributed by atoms with Crippen LogP contribution in [0, 0.1) is 94.4 Å². The molecule has 21 atom stereocenters. The molecule has 3 aromatic rings. The van der Waals surface area contributed by atoms with E-state index in [0.717, 1.165) is 119 Å². The Bertz CT molecular complexity index is 3580. The summed E-state index contributed by atoms with van der Waals surface area (Å²) in [5.74, 6) is 2.81. The molecular formula is C94H165F3N9NaO20. The third-order valence-corrected chi connectivity index (χ3v) is 24.7. The van der Waals surface area contributed by atoms with Crippen LogP contribution in [-0.2, 0) is 38.0 Å². The molecule has 0 aromatic carbocycles. The van der Waals surface area contributed by atoms with Crippen LogP contribution in [0.25, 0.3) is 0 Å². The number of aromatic nitrogens is 6. The molecule has 6 rings (SSSR count). The van der Waals surface area contributed by atoms with Gasteiger partial charge in [-0.2, -0.15) is 15.0 Å². The van der Waals surface area contributed by atoms with Gasteiger partial charge >= 0.3 is 70.9 Å². The number of ether oxygens (including phenoxy) is 7. The Balaban J connectivity index is 0.000000936. The summed E-state index contributed by atoms with van der Waals surface area (Å²) in [5.41, 5.74) is -2.73. The van der Waals surface area contributed by atoms with Gasteiger partial charge in [0, 0.05) is 20.0 Å². The van der Waals surface area contributed by atoms with Crippen LogP contribution in [0.4, 0.5) is 45.0 Å². The van der Waals surface area contributed by atoms with Crippen LogP contribution < -0.4 is 62.6 Å². The molecule has 14 unspecified atom stereocenters. The zero-order valence-corrected chi connectivity index (χ0v) is 83.1. The summed E-state index contributed by atoms with van der Waals surface area (Å²) in [4.78, 5) is 96.2. The molecule has 3 fully saturated rings. The number of nitrogens with one attached hydrogen (secondary N) is 3. The summed E-state index contributed by atoms with van der Waals surface area (Å²) in [6.45, 7) is 42.7. The van der Waals surface area contributed by atoms with E-state index in [1.807, 2.05) is 6.92 Å². The van der Waals surface area contributed by atoms with Gasteiger partial charge in [0.15, 0.2) is 59.7 Å². The van der Waals surface area contributed by atoms with E-state index in [-0.39, 0.29) is 66.9 Å². The Hall–Kier alpha value is -5.65. The van der Waals surface area contributed by atoms with Gasteiger partial charge in [-0.1, -0.05) is 284 Å². The van der Waals surface area contributed by atoms with Crippen molar-refractivity contribution in [3.8, 4) is 0 Å². The summed E-state index contributed by atoms with van der Waals surface area (Å²) >= 11 is 0. The van der Waals surface area contributed by atoms with Crippen LogP contribution in [0.2, 0.25) is 0 Å². The maximum absolute atomic E-state index is 14.8. The Morgan fingerprint density at radius 1 is 0.370 bits per heavy atom. The predicted molar refractivity (Wildman–Crippen MR) is 483 cm³/mol. The Kier molecular flexibility index (Phi) is 60.4. The average molecular weight is 1820 g/mol. The van der Waals surface area contributed by atoms with Gasteiger partial charge in [0.2, 0.25) is 0 Å². The summed E-state index contributed by atoms with van der Waals surface area (Å²) < 4.78 is 83.6. The van der Waals surface area contributed by atoms with Gasteiger partial charge in [-0.3, -0.25) is 34.4 Å². The molecule has 3 aliphatic heterocycles. The fourth-order valence-corrected chi connectivity index (χ4v) is 16.1. The molecule has 33 heteroatoms. The fraction of sp³-hybridized carbons (Fsp3) is 0.830. The first-order valence-electron chi connectivity index (χ1n) is 47.0. The summed E-state index contributed by atoms with van der Waals surface area (Å²) in [6.07, 6.45) is 24.3. The molecule has 0 bridgehead atoms. The van der Waals surface area contributed by atoms with Crippen molar-refractivity contribution in [3.05, 3.63) is 67.5 Å². The maximum Gasteiger partial charge on any atom is 1.00 e. The molecule has 3 amide bonds. The second-order valence-corrected chi connectivity index (χ2v) is 38.1. The fourth-order valence-electron chi connectivity index (χ4n) is 16.1. The number of carbonyl (C=O) groups excluding carboxylic acids is 4. The van der Waals surface area contributed by atoms with Crippen molar-refractivity contribution >= 4 is 41.7 Å². The number of carbonyl (C=O) groups is 4. The number of amides is 3. The van der Waals surface area contributed by atoms with Crippen LogP contribution in [0.3, 0.4) is 0 Å². The number of rotatable bonds is 52. The molecule has 127 heavy (non-hydrogen) atoms. The second kappa shape index (κ2) is 64.2. The van der Waals surface area contributed by atoms with Crippen LogP contribution in [0.15, 0.2) is 33.0 Å². The van der Waals surface area contributed by atoms with Gasteiger partial charge < -0.3 is 64.2 Å². The number of halogens is 3. The number of esters is 1. The molecule has 9 N–H and O–H groups in total. The minimum Gasteiger partial charge on any atom is -0.870 e. The molecule has 728 valence electrons. The van der Waals surface area contributed by atoms with Crippen LogP contribution in [-0.4, -0.2) is 160 Å². The van der Waals surface area contributed by atoms with Crippen molar-refractivity contribution in [1.29, 1.82) is 0 Å². The molecule has 3 aromatic heterocycles. The monoisotopic (exact) mass is 1820 g/mol. The minimum atomic E-state index is -1.42. The van der Waals surface area contributed by atoms with Crippen molar-refractivity contribution in [2.45, 2.75) is 399 Å². The zero-order chi connectivity index (χ0) is 93.7. The number of aliphatic hydroxyl groups excluding tert-OH is 5. The van der Waals surface area contributed by atoms with Crippen molar-refractivity contribution < 1.29 is 126 Å². The Morgan fingerprint density at radius 2 is 0.583 bits per heavy atom. The van der Waals surface area contributed by atoms with Crippen LogP contribution in [0.1, 0.15) is 350 Å². The minimum absolute atomic E-state index is 0. The molecule has 0 spiro atoms. The largest absolute Gasteiger partial charge is 1.00 e. The standard InChI is InChI=1S/C33H56FN3O6.2C30H52FN3O6.CH4O.Na.H2O/c1-21(2)12-9-13-22(3)14-10-15-23(4)16-11-17-24(5)18-19-41-33(40)36-30-28(34)20-37(32(39)35-30)31-29(43-27(8)38)25(6)26(7)42-31;2*1-19(2)10-7-11-20(3)12-8-13-21(4)14-9-15-22(5)16-17-39-30(38)33-27-24(31)18-34(29(37)32-27)28-26(36)25(35)23(6)40-28;1-2;;/h20-26,29,31H,9-19H2,1-8H3,(H,35,36,39,40);2*18-23,25-26,28,35-36H,7-17H2,1-6H3,(H,32,33,37,38);2H,1H3;;1H2/q;;;;+1;/p-1/t;20-,21-,22-,23-,25+,26-,28-;;;;/m.1..../s1. The molecule has 6 heterocycles. The van der Waals surface area contributed by atoms with E-state index >= 15 is 0 Å². The normalized spacial score (nSPS) is 22.2. The topological polar surface area (TPSA) is 405 Å². The van der Waals surface area contributed by atoms with Gasteiger partial charge in [0.05, 0.1) is 56.7 Å². The van der Waals surface area contributed by atoms with E-state index < -0.39 is 138 Å². The van der Waals surface area contributed by atoms with E-state index in [1.165, 1.54) is 156 Å². The Morgan fingerprint density at radius 3 is 0.795 bits per heavy atom. The summed E-state index contributed by atoms with van der Waals surface area (Å²) in [7, 11) is 1.00. The van der Waals surface area contributed by atoms with Crippen molar-refractivity contribution in [2.24, 2.45) is 76.9 Å². The third kappa shape index (κ3) is 46.5. The average Bonchev–Trinajstić information content (AvgIpc) is 1.64. The molecule has 3 aliphatic rings. The first-order valence-corrected chi connectivity index (χ1v) is 47.0. The van der Waals surface area contributed by atoms with Gasteiger partial charge in [-0.25, -0.2) is 41.9 Å². The second-order valence-electron chi connectivity index (χ2n) is 38.1. The van der Waals surface area contributed by atoms with Crippen molar-refractivity contribution in [1.82, 2.24) is 28.7 Å². The molecular weight excluding hydrogens is 1660 g/mol. The van der Waals surface area contributed by atoms with Crippen LogP contribution >= 0.6 is 0 Å². The van der Waals surface area contributed by atoms with E-state index in [4.69, 9.17) is 38.3 Å². The van der Waals surface area contributed by atoms with E-state index in [9.17, 15) is 67.2 Å².